The number of carbonyl (C=O) groups is 1. The van der Waals surface area contributed by atoms with Crippen LogP contribution in [0.25, 0.3) is 5.65 Å². The minimum absolute atomic E-state index is 0.0614. The van der Waals surface area contributed by atoms with Crippen LogP contribution in [0.4, 0.5) is 0 Å². The van der Waals surface area contributed by atoms with E-state index >= 15 is 0 Å². The van der Waals surface area contributed by atoms with E-state index in [0.29, 0.717) is 45.0 Å². The number of likely N-dealkylation sites (tertiary alicyclic amines) is 1. The van der Waals surface area contributed by atoms with Crippen LogP contribution in [0.3, 0.4) is 0 Å². The number of pyridine rings is 1. The summed E-state index contributed by atoms with van der Waals surface area (Å²) >= 11 is 0. The van der Waals surface area contributed by atoms with E-state index in [-0.39, 0.29) is 22.9 Å². The maximum Gasteiger partial charge on any atom is 0.311 e. The molecular weight excluding hydrogens is 326 g/mol. The molecular formula is C17H19N3O5. The maximum atomic E-state index is 12.2. The number of aromatic nitrogens is 2. The van der Waals surface area contributed by atoms with Crippen LogP contribution in [0.1, 0.15) is 12.1 Å². The van der Waals surface area contributed by atoms with Gasteiger partial charge in [0.1, 0.15) is 0 Å². The zero-order valence-electron chi connectivity index (χ0n) is 13.6. The van der Waals surface area contributed by atoms with E-state index in [2.05, 4.69) is 4.98 Å². The van der Waals surface area contributed by atoms with E-state index in [4.69, 9.17) is 4.74 Å². The number of carboxylic acid groups (broad SMARTS) is 1. The summed E-state index contributed by atoms with van der Waals surface area (Å²) in [5.74, 6) is -0.909. The first-order valence-corrected chi connectivity index (χ1v) is 8.23. The van der Waals surface area contributed by atoms with Gasteiger partial charge in [-0.3, -0.25) is 18.9 Å². The topological polar surface area (TPSA) is 104 Å². The second-order valence-electron chi connectivity index (χ2n) is 6.83. The molecule has 0 bridgehead atoms. The summed E-state index contributed by atoms with van der Waals surface area (Å²) < 4.78 is 6.74. The van der Waals surface area contributed by atoms with Crippen LogP contribution in [0.2, 0.25) is 0 Å². The predicted molar refractivity (Wildman–Crippen MR) is 87.4 cm³/mol. The van der Waals surface area contributed by atoms with Crippen molar-refractivity contribution < 1.29 is 19.7 Å². The molecule has 25 heavy (non-hydrogen) atoms. The maximum absolute atomic E-state index is 12.2. The average molecular weight is 345 g/mol. The molecule has 8 nitrogen and oxygen atoms in total. The number of aromatic hydroxyl groups is 1. The van der Waals surface area contributed by atoms with Crippen LogP contribution < -0.4 is 5.56 Å². The molecule has 4 heterocycles. The van der Waals surface area contributed by atoms with Crippen LogP contribution >= 0.6 is 0 Å². The van der Waals surface area contributed by atoms with E-state index in [0.717, 1.165) is 0 Å². The van der Waals surface area contributed by atoms with Gasteiger partial charge < -0.3 is 14.9 Å². The van der Waals surface area contributed by atoms with Crippen LogP contribution in [-0.4, -0.2) is 56.8 Å². The molecule has 0 aromatic carbocycles. The van der Waals surface area contributed by atoms with E-state index < -0.39 is 11.4 Å². The third-order valence-electron chi connectivity index (χ3n) is 5.31. The predicted octanol–water partition coefficient (Wildman–Crippen LogP) is 0.323. The van der Waals surface area contributed by atoms with Gasteiger partial charge in [0.25, 0.3) is 5.56 Å². The molecule has 2 aromatic heterocycles. The van der Waals surface area contributed by atoms with Crippen molar-refractivity contribution in [3.63, 3.8) is 0 Å². The van der Waals surface area contributed by atoms with Gasteiger partial charge in [0.15, 0.2) is 11.4 Å². The summed E-state index contributed by atoms with van der Waals surface area (Å²) in [6, 6.07) is 4.48. The zero-order chi connectivity index (χ0) is 17.6. The Hall–Kier alpha value is -2.45. The monoisotopic (exact) mass is 345 g/mol. The zero-order valence-corrected chi connectivity index (χ0v) is 13.6. The molecule has 0 amide bonds. The Balaban J connectivity index is 1.63. The van der Waals surface area contributed by atoms with E-state index in [1.807, 2.05) is 4.90 Å². The molecule has 2 N–H and O–H groups in total. The normalized spacial score (nSPS) is 26.6. The number of carboxylic acids is 1. The Labute approximate surface area is 143 Å². The number of hydrogen-bond donors (Lipinski definition) is 2. The van der Waals surface area contributed by atoms with Crippen molar-refractivity contribution in [2.75, 3.05) is 26.3 Å². The molecule has 2 fully saturated rings. The first kappa shape index (κ1) is 16.0. The quantitative estimate of drug-likeness (QED) is 0.826. The Morgan fingerprint density at radius 2 is 2.32 bits per heavy atom. The van der Waals surface area contributed by atoms with Crippen LogP contribution in [0.15, 0.2) is 29.2 Å². The van der Waals surface area contributed by atoms with Crippen LogP contribution in [-0.2, 0) is 16.1 Å². The minimum atomic E-state index is -0.785. The summed E-state index contributed by atoms with van der Waals surface area (Å²) in [6.07, 6.45) is 2.05. The highest BCUT2D eigenvalue weighted by Crippen LogP contribution is 2.42. The molecule has 2 atom stereocenters. The first-order valence-electron chi connectivity index (χ1n) is 8.23. The van der Waals surface area contributed by atoms with Gasteiger partial charge in [-0.25, -0.2) is 4.98 Å². The Bertz CT molecular complexity index is 895. The summed E-state index contributed by atoms with van der Waals surface area (Å²) in [6.45, 7) is 2.27. The van der Waals surface area contributed by atoms with Gasteiger partial charge in [-0.2, -0.15) is 0 Å². The summed E-state index contributed by atoms with van der Waals surface area (Å²) in [5.41, 5.74) is -0.333. The molecule has 0 saturated carbocycles. The number of nitrogens with zero attached hydrogens (tertiary/aromatic N) is 3. The van der Waals surface area contributed by atoms with Gasteiger partial charge in [0, 0.05) is 44.4 Å². The highest BCUT2D eigenvalue weighted by Gasteiger charge is 2.53. The van der Waals surface area contributed by atoms with Gasteiger partial charge in [-0.1, -0.05) is 0 Å². The molecule has 2 saturated heterocycles. The summed E-state index contributed by atoms with van der Waals surface area (Å²) in [4.78, 5) is 30.5. The third kappa shape index (κ3) is 2.58. The van der Waals surface area contributed by atoms with Crippen molar-refractivity contribution in [2.45, 2.75) is 13.0 Å². The van der Waals surface area contributed by atoms with Crippen LogP contribution in [0.5, 0.6) is 5.75 Å². The lowest BCUT2D eigenvalue weighted by atomic mass is 9.74. The Morgan fingerprint density at radius 1 is 1.48 bits per heavy atom. The van der Waals surface area contributed by atoms with E-state index in [1.165, 1.54) is 16.5 Å². The lowest BCUT2D eigenvalue weighted by Crippen LogP contribution is -2.44. The third-order valence-corrected chi connectivity index (χ3v) is 5.31. The highest BCUT2D eigenvalue weighted by molar-refractivity contribution is 5.76. The fraction of sp³-hybridized carbons (Fsp3) is 0.471. The molecule has 0 unspecified atom stereocenters. The average Bonchev–Trinajstić information content (AvgIpc) is 2.95. The molecule has 0 radical (unpaired) electrons. The number of aliphatic carboxylic acids is 1. The first-order chi connectivity index (χ1) is 12.0. The second kappa shape index (κ2) is 5.82. The van der Waals surface area contributed by atoms with Crippen molar-refractivity contribution in [1.29, 1.82) is 0 Å². The molecule has 2 aliphatic rings. The summed E-state index contributed by atoms with van der Waals surface area (Å²) in [7, 11) is 0. The molecule has 8 heteroatoms. The minimum Gasteiger partial charge on any atom is -0.504 e. The van der Waals surface area contributed by atoms with Gasteiger partial charge in [0.05, 0.1) is 17.7 Å². The summed E-state index contributed by atoms with van der Waals surface area (Å²) in [5, 5.41) is 19.7. The largest absolute Gasteiger partial charge is 0.504 e. The van der Waals surface area contributed by atoms with Crippen LogP contribution in [0, 0.1) is 11.3 Å². The molecule has 132 valence electrons. The SMILES string of the molecule is O=C(O)[C@]12CCOC[C@H]1CN(Cc1cc(=O)n3cccc(O)c3n1)C2. The smallest absolute Gasteiger partial charge is 0.311 e. The van der Waals surface area contributed by atoms with Crippen molar-refractivity contribution in [2.24, 2.45) is 11.3 Å². The Morgan fingerprint density at radius 3 is 3.08 bits per heavy atom. The molecule has 0 aliphatic carbocycles. The van der Waals surface area contributed by atoms with Gasteiger partial charge >= 0.3 is 5.97 Å². The fourth-order valence-electron chi connectivity index (χ4n) is 3.99. The van der Waals surface area contributed by atoms with Gasteiger partial charge in [0.2, 0.25) is 0 Å². The van der Waals surface area contributed by atoms with Crippen molar-refractivity contribution in [1.82, 2.24) is 14.3 Å². The number of rotatable bonds is 3. The van der Waals surface area contributed by atoms with E-state index in [1.54, 1.807) is 12.3 Å². The molecule has 2 aliphatic heterocycles. The van der Waals surface area contributed by atoms with Gasteiger partial charge in [-0.05, 0) is 18.6 Å². The second-order valence-corrected chi connectivity index (χ2v) is 6.83. The standard InChI is InChI=1S/C17H19N3O5/c21-13-2-1-4-20-14(22)6-12(18-15(13)20)8-19-7-11-9-25-5-3-17(11,10-19)16(23)24/h1-2,4,6,11,21H,3,5,7-10H2,(H,23,24)/t11-,17+/m1/s1. The highest BCUT2D eigenvalue weighted by atomic mass is 16.5. The van der Waals surface area contributed by atoms with Crippen molar-refractivity contribution in [3.05, 3.63) is 40.4 Å². The lowest BCUT2D eigenvalue weighted by Gasteiger charge is -2.34. The fourth-order valence-corrected chi connectivity index (χ4v) is 3.99. The van der Waals surface area contributed by atoms with Crippen molar-refractivity contribution in [3.8, 4) is 5.75 Å². The Kier molecular flexibility index (Phi) is 3.73. The van der Waals surface area contributed by atoms with E-state index in [9.17, 15) is 19.8 Å². The van der Waals surface area contributed by atoms with Gasteiger partial charge in [-0.15, -0.1) is 0 Å². The van der Waals surface area contributed by atoms with Crippen molar-refractivity contribution >= 4 is 11.6 Å². The molecule has 0 spiro atoms. The lowest BCUT2D eigenvalue weighted by molar-refractivity contribution is -0.157. The number of hydrogen-bond acceptors (Lipinski definition) is 6. The molecule has 4 rings (SSSR count). The molecule has 2 aromatic rings. The number of ether oxygens (including phenoxy) is 1. The number of fused-ring (bicyclic) bond motifs is 2.